The third-order valence-corrected chi connectivity index (χ3v) is 5.04. The van der Waals surface area contributed by atoms with Crippen LogP contribution in [0.3, 0.4) is 0 Å². The zero-order chi connectivity index (χ0) is 14.0. The van der Waals surface area contributed by atoms with Crippen molar-refractivity contribution >= 4 is 21.4 Å². The number of para-hydroxylation sites is 1. The first-order chi connectivity index (χ1) is 8.92. The molecule has 0 saturated carbocycles. The minimum absolute atomic E-state index is 0.0556. The molecule has 19 heavy (non-hydrogen) atoms. The predicted molar refractivity (Wildman–Crippen MR) is 73.5 cm³/mol. The summed E-state index contributed by atoms with van der Waals surface area (Å²) in [6, 6.07) is 4.84. The van der Waals surface area contributed by atoms with Gasteiger partial charge in [-0.05, 0) is 31.4 Å². The van der Waals surface area contributed by atoms with Crippen LogP contribution in [0, 0.1) is 6.92 Å². The van der Waals surface area contributed by atoms with Crippen LogP contribution in [-0.2, 0) is 14.6 Å². The minimum Gasteiger partial charge on any atom is -0.397 e. The van der Waals surface area contributed by atoms with Gasteiger partial charge in [0, 0.05) is 13.1 Å². The molecule has 0 radical (unpaired) electrons. The maximum Gasteiger partial charge on any atom is 0.238 e. The number of hydrogen-bond acceptors (Lipinski definition) is 4. The molecule has 1 amide bonds. The Labute approximate surface area is 113 Å². The van der Waals surface area contributed by atoms with Crippen molar-refractivity contribution < 1.29 is 13.2 Å². The van der Waals surface area contributed by atoms with E-state index in [1.54, 1.807) is 24.0 Å². The lowest BCUT2D eigenvalue weighted by Gasteiger charge is -2.16. The van der Waals surface area contributed by atoms with Crippen LogP contribution in [0.4, 0.5) is 5.69 Å². The molecule has 2 rings (SSSR count). The number of carbonyl (C=O) groups is 1. The predicted octanol–water partition coefficient (Wildman–Crippen LogP) is 0.973. The summed E-state index contributed by atoms with van der Waals surface area (Å²) < 4.78 is 24.5. The Kier molecular flexibility index (Phi) is 3.80. The Morgan fingerprint density at radius 2 is 1.95 bits per heavy atom. The summed E-state index contributed by atoms with van der Waals surface area (Å²) in [5.41, 5.74) is 6.73. The summed E-state index contributed by atoms with van der Waals surface area (Å²) in [7, 11) is -3.67. The van der Waals surface area contributed by atoms with Crippen LogP contribution in [0.5, 0.6) is 0 Å². The largest absolute Gasteiger partial charge is 0.397 e. The zero-order valence-electron chi connectivity index (χ0n) is 10.9. The Hall–Kier alpha value is -1.56. The molecule has 1 aromatic carbocycles. The van der Waals surface area contributed by atoms with Crippen molar-refractivity contribution in [1.82, 2.24) is 4.90 Å². The van der Waals surface area contributed by atoms with Crippen molar-refractivity contribution in [3.8, 4) is 0 Å². The number of likely N-dealkylation sites (tertiary alicyclic amines) is 1. The van der Waals surface area contributed by atoms with E-state index in [2.05, 4.69) is 0 Å². The fourth-order valence-corrected chi connectivity index (χ4v) is 3.67. The number of sulfone groups is 1. The van der Waals surface area contributed by atoms with Gasteiger partial charge in [-0.25, -0.2) is 8.42 Å². The first-order valence-corrected chi connectivity index (χ1v) is 7.92. The quantitative estimate of drug-likeness (QED) is 0.838. The van der Waals surface area contributed by atoms with Crippen molar-refractivity contribution in [1.29, 1.82) is 0 Å². The molecule has 1 aliphatic rings. The normalized spacial score (nSPS) is 15.7. The van der Waals surface area contributed by atoms with E-state index in [0.717, 1.165) is 12.8 Å². The van der Waals surface area contributed by atoms with E-state index < -0.39 is 15.6 Å². The molecule has 5 nitrogen and oxygen atoms in total. The molecule has 1 fully saturated rings. The molecular formula is C13H18N2O3S. The number of nitrogens with zero attached hydrogens (tertiary/aromatic N) is 1. The number of aryl methyl sites for hydroxylation is 1. The van der Waals surface area contributed by atoms with Crippen LogP contribution in [-0.4, -0.2) is 38.1 Å². The van der Waals surface area contributed by atoms with Gasteiger partial charge in [0.15, 0.2) is 9.84 Å². The highest BCUT2D eigenvalue weighted by Crippen LogP contribution is 2.23. The number of amides is 1. The van der Waals surface area contributed by atoms with Gasteiger partial charge in [-0.3, -0.25) is 4.79 Å². The van der Waals surface area contributed by atoms with Crippen molar-refractivity contribution in [2.45, 2.75) is 24.7 Å². The summed E-state index contributed by atoms with van der Waals surface area (Å²) in [5.74, 6) is -0.834. The fraction of sp³-hybridized carbons (Fsp3) is 0.462. The topological polar surface area (TPSA) is 80.5 Å². The first-order valence-electron chi connectivity index (χ1n) is 6.27. The van der Waals surface area contributed by atoms with Gasteiger partial charge in [-0.1, -0.05) is 12.1 Å². The van der Waals surface area contributed by atoms with Crippen molar-refractivity contribution in [3.63, 3.8) is 0 Å². The minimum atomic E-state index is -3.67. The van der Waals surface area contributed by atoms with Gasteiger partial charge in [0.2, 0.25) is 5.91 Å². The third-order valence-electron chi connectivity index (χ3n) is 3.39. The molecule has 1 saturated heterocycles. The van der Waals surface area contributed by atoms with Gasteiger partial charge in [-0.15, -0.1) is 0 Å². The average Bonchev–Trinajstić information content (AvgIpc) is 2.85. The molecule has 0 aliphatic carbocycles. The summed E-state index contributed by atoms with van der Waals surface area (Å²) in [4.78, 5) is 13.6. The lowest BCUT2D eigenvalue weighted by Crippen LogP contribution is -2.33. The molecule has 1 aliphatic heterocycles. The number of carbonyl (C=O) groups excluding carboxylic acids is 1. The van der Waals surface area contributed by atoms with Crippen LogP contribution in [0.1, 0.15) is 18.4 Å². The van der Waals surface area contributed by atoms with Crippen molar-refractivity contribution in [2.75, 3.05) is 24.6 Å². The third kappa shape index (κ3) is 2.89. The monoisotopic (exact) mass is 282 g/mol. The molecule has 0 unspecified atom stereocenters. The van der Waals surface area contributed by atoms with E-state index in [9.17, 15) is 13.2 Å². The second kappa shape index (κ2) is 5.21. The number of nitrogens with two attached hydrogens (primary N) is 1. The van der Waals surface area contributed by atoms with Gasteiger partial charge < -0.3 is 10.6 Å². The SMILES string of the molecule is Cc1cccc(S(=O)(=O)CC(=O)N2CCCC2)c1N. The molecule has 6 heteroatoms. The van der Waals surface area contributed by atoms with E-state index >= 15 is 0 Å². The lowest BCUT2D eigenvalue weighted by atomic mass is 10.2. The number of benzene rings is 1. The number of anilines is 1. The average molecular weight is 282 g/mol. The highest BCUT2D eigenvalue weighted by Gasteiger charge is 2.26. The number of hydrogen-bond donors (Lipinski definition) is 1. The Morgan fingerprint density at radius 1 is 1.32 bits per heavy atom. The second-order valence-electron chi connectivity index (χ2n) is 4.83. The van der Waals surface area contributed by atoms with Crippen LogP contribution < -0.4 is 5.73 Å². The van der Waals surface area contributed by atoms with Crippen molar-refractivity contribution in [2.24, 2.45) is 0 Å². The van der Waals surface area contributed by atoms with Gasteiger partial charge in [0.25, 0.3) is 0 Å². The Morgan fingerprint density at radius 3 is 2.58 bits per heavy atom. The standard InChI is InChI=1S/C13H18N2O3S/c1-10-5-4-6-11(13(10)14)19(17,18)9-12(16)15-7-2-3-8-15/h4-6H,2-3,7-9,14H2,1H3. The number of rotatable bonds is 3. The van der Waals surface area contributed by atoms with E-state index in [-0.39, 0.29) is 16.5 Å². The lowest BCUT2D eigenvalue weighted by molar-refractivity contribution is -0.127. The zero-order valence-corrected chi connectivity index (χ0v) is 11.7. The molecule has 1 aromatic rings. The van der Waals surface area contributed by atoms with E-state index in [1.807, 2.05) is 0 Å². The van der Waals surface area contributed by atoms with Crippen molar-refractivity contribution in [3.05, 3.63) is 23.8 Å². The summed E-state index contributed by atoms with van der Waals surface area (Å²) in [6.07, 6.45) is 1.89. The van der Waals surface area contributed by atoms with Gasteiger partial charge in [0.1, 0.15) is 5.75 Å². The number of nitrogen functional groups attached to an aromatic ring is 1. The molecule has 104 valence electrons. The molecule has 0 bridgehead atoms. The maximum absolute atomic E-state index is 12.2. The van der Waals surface area contributed by atoms with E-state index in [1.165, 1.54) is 6.07 Å². The summed E-state index contributed by atoms with van der Waals surface area (Å²) in [6.45, 7) is 3.05. The smallest absolute Gasteiger partial charge is 0.238 e. The highest BCUT2D eigenvalue weighted by molar-refractivity contribution is 7.92. The van der Waals surface area contributed by atoms with Crippen LogP contribution in [0.25, 0.3) is 0 Å². The van der Waals surface area contributed by atoms with Gasteiger partial charge in [-0.2, -0.15) is 0 Å². The van der Waals surface area contributed by atoms with Gasteiger partial charge >= 0.3 is 0 Å². The summed E-state index contributed by atoms with van der Waals surface area (Å²) in [5, 5.41) is 0. The molecule has 0 spiro atoms. The van der Waals surface area contributed by atoms with Crippen LogP contribution in [0.15, 0.2) is 23.1 Å². The van der Waals surface area contributed by atoms with Gasteiger partial charge in [0.05, 0.1) is 10.6 Å². The van der Waals surface area contributed by atoms with E-state index in [4.69, 9.17) is 5.73 Å². The molecule has 2 N–H and O–H groups in total. The molecule has 0 atom stereocenters. The highest BCUT2D eigenvalue weighted by atomic mass is 32.2. The first kappa shape index (κ1) is 13.9. The molecule has 1 heterocycles. The molecule has 0 aromatic heterocycles. The Balaban J connectivity index is 2.22. The fourth-order valence-electron chi connectivity index (χ4n) is 2.22. The van der Waals surface area contributed by atoms with Crippen LogP contribution in [0.2, 0.25) is 0 Å². The van der Waals surface area contributed by atoms with Crippen LogP contribution >= 0.6 is 0 Å². The second-order valence-corrected chi connectivity index (χ2v) is 6.79. The maximum atomic E-state index is 12.2. The van der Waals surface area contributed by atoms with E-state index in [0.29, 0.717) is 18.7 Å². The molecular weight excluding hydrogens is 264 g/mol. The summed E-state index contributed by atoms with van der Waals surface area (Å²) >= 11 is 0. The Bertz CT molecular complexity index is 590.